The first-order valence-corrected chi connectivity index (χ1v) is 6.99. The molecule has 0 amide bonds. The van der Waals surface area contributed by atoms with Gasteiger partial charge < -0.3 is 9.52 Å². The molecule has 0 spiro atoms. The summed E-state index contributed by atoms with van der Waals surface area (Å²) in [7, 11) is 0. The average Bonchev–Trinajstić information content (AvgIpc) is 2.47. The van der Waals surface area contributed by atoms with Gasteiger partial charge in [0.15, 0.2) is 11.3 Å². The number of carbonyl (C=O) groups is 1. The van der Waals surface area contributed by atoms with Crippen molar-refractivity contribution in [3.63, 3.8) is 0 Å². The van der Waals surface area contributed by atoms with Gasteiger partial charge in [-0.3, -0.25) is 4.79 Å². The molecule has 1 heterocycles. The maximum absolute atomic E-state index is 12.5. The fraction of sp³-hybridized carbons (Fsp3) is 0. The number of benzene rings is 2. The Morgan fingerprint density at radius 2 is 1.73 bits per heavy atom. The van der Waals surface area contributed by atoms with Crippen LogP contribution in [0.1, 0.15) is 10.4 Å². The van der Waals surface area contributed by atoms with E-state index in [4.69, 9.17) is 27.6 Å². The van der Waals surface area contributed by atoms with E-state index in [9.17, 15) is 14.7 Å². The number of carboxylic acids is 1. The van der Waals surface area contributed by atoms with Crippen molar-refractivity contribution in [2.75, 3.05) is 0 Å². The van der Waals surface area contributed by atoms with E-state index in [-0.39, 0.29) is 21.8 Å². The first-order valence-electron chi connectivity index (χ1n) is 6.23. The maximum Gasteiger partial charge on any atom is 0.343 e. The molecule has 1 N–H and O–H groups in total. The summed E-state index contributed by atoms with van der Waals surface area (Å²) in [5, 5.41) is 10.1. The number of fused-ring (bicyclic) bond motifs is 1. The Kier molecular flexibility index (Phi) is 3.64. The monoisotopic (exact) mass is 334 g/mol. The van der Waals surface area contributed by atoms with Crippen LogP contribution in [-0.2, 0) is 0 Å². The van der Waals surface area contributed by atoms with Crippen LogP contribution in [0, 0.1) is 0 Å². The van der Waals surface area contributed by atoms with Crippen molar-refractivity contribution in [2.45, 2.75) is 0 Å². The lowest BCUT2D eigenvalue weighted by Crippen LogP contribution is -2.16. The topological polar surface area (TPSA) is 67.5 Å². The fourth-order valence-electron chi connectivity index (χ4n) is 2.20. The van der Waals surface area contributed by atoms with E-state index in [1.165, 1.54) is 6.07 Å². The van der Waals surface area contributed by atoms with E-state index in [2.05, 4.69) is 0 Å². The highest BCUT2D eigenvalue weighted by Crippen LogP contribution is 2.29. The highest BCUT2D eigenvalue weighted by atomic mass is 35.5. The van der Waals surface area contributed by atoms with Gasteiger partial charge in [-0.2, -0.15) is 0 Å². The van der Waals surface area contributed by atoms with E-state index in [0.717, 1.165) is 0 Å². The van der Waals surface area contributed by atoms with Gasteiger partial charge in [-0.05, 0) is 36.4 Å². The molecule has 0 fully saturated rings. The zero-order valence-corrected chi connectivity index (χ0v) is 12.5. The van der Waals surface area contributed by atoms with Crippen molar-refractivity contribution in [2.24, 2.45) is 0 Å². The molecule has 3 aromatic rings. The zero-order chi connectivity index (χ0) is 15.9. The third kappa shape index (κ3) is 2.36. The summed E-state index contributed by atoms with van der Waals surface area (Å²) < 4.78 is 5.63. The number of hydrogen-bond acceptors (Lipinski definition) is 3. The van der Waals surface area contributed by atoms with Gasteiger partial charge in [-0.25, -0.2) is 4.79 Å². The predicted octanol–water partition coefficient (Wildman–Crippen LogP) is 4.47. The Bertz CT molecular complexity index is 943. The van der Waals surface area contributed by atoms with Crippen LogP contribution in [-0.4, -0.2) is 11.1 Å². The van der Waals surface area contributed by atoms with Gasteiger partial charge in [0.2, 0.25) is 5.43 Å². The summed E-state index contributed by atoms with van der Waals surface area (Å²) >= 11 is 11.8. The molecule has 6 heteroatoms. The lowest BCUT2D eigenvalue weighted by Gasteiger charge is -2.08. The summed E-state index contributed by atoms with van der Waals surface area (Å²) in [4.78, 5) is 24.0. The Morgan fingerprint density at radius 1 is 1.05 bits per heavy atom. The second-order valence-electron chi connectivity index (χ2n) is 4.56. The first-order chi connectivity index (χ1) is 10.5. The number of rotatable bonds is 2. The van der Waals surface area contributed by atoms with Crippen LogP contribution in [0.25, 0.3) is 22.3 Å². The van der Waals surface area contributed by atoms with E-state index < -0.39 is 17.0 Å². The molecule has 22 heavy (non-hydrogen) atoms. The molecule has 0 aliphatic carbocycles. The van der Waals surface area contributed by atoms with Gasteiger partial charge in [0.05, 0.1) is 10.4 Å². The lowest BCUT2D eigenvalue weighted by atomic mass is 10.0. The Balaban J connectivity index is 2.44. The lowest BCUT2D eigenvalue weighted by molar-refractivity contribution is 0.0694. The zero-order valence-electron chi connectivity index (χ0n) is 11.0. The van der Waals surface area contributed by atoms with Gasteiger partial charge >= 0.3 is 5.97 Å². The third-order valence-corrected chi connectivity index (χ3v) is 3.76. The van der Waals surface area contributed by atoms with Gasteiger partial charge in [-0.15, -0.1) is 0 Å². The molecule has 0 aliphatic rings. The van der Waals surface area contributed by atoms with Crippen LogP contribution in [0.5, 0.6) is 0 Å². The van der Waals surface area contributed by atoms with Crippen molar-refractivity contribution in [1.29, 1.82) is 0 Å². The Hall–Kier alpha value is -2.30. The molecule has 4 nitrogen and oxygen atoms in total. The van der Waals surface area contributed by atoms with Gasteiger partial charge in [0, 0.05) is 10.6 Å². The largest absolute Gasteiger partial charge is 0.477 e. The number of halogens is 2. The number of carboxylic acid groups (broad SMARTS) is 1. The van der Waals surface area contributed by atoms with Crippen LogP contribution < -0.4 is 5.43 Å². The molecule has 2 aromatic carbocycles. The van der Waals surface area contributed by atoms with Gasteiger partial charge in [0.1, 0.15) is 5.58 Å². The minimum atomic E-state index is -1.37. The normalized spacial score (nSPS) is 10.8. The summed E-state index contributed by atoms with van der Waals surface area (Å²) in [5.74, 6) is -1.40. The van der Waals surface area contributed by atoms with Crippen LogP contribution in [0.3, 0.4) is 0 Å². The predicted molar refractivity (Wildman–Crippen MR) is 84.9 cm³/mol. The summed E-state index contributed by atoms with van der Waals surface area (Å²) in [6.07, 6.45) is 0. The Labute approximate surface area is 134 Å². The molecule has 110 valence electrons. The molecule has 0 saturated carbocycles. The fourth-order valence-corrected chi connectivity index (χ4v) is 2.58. The van der Waals surface area contributed by atoms with E-state index >= 15 is 0 Å². The molecule has 1 aromatic heterocycles. The van der Waals surface area contributed by atoms with Crippen molar-refractivity contribution in [1.82, 2.24) is 0 Å². The number of hydrogen-bond donors (Lipinski definition) is 1. The minimum absolute atomic E-state index is 0.0241. The highest BCUT2D eigenvalue weighted by Gasteiger charge is 2.22. The summed E-state index contributed by atoms with van der Waals surface area (Å²) in [5.41, 5.74) is -0.458. The van der Waals surface area contributed by atoms with Crippen molar-refractivity contribution in [3.05, 3.63) is 68.3 Å². The van der Waals surface area contributed by atoms with Crippen molar-refractivity contribution < 1.29 is 14.3 Å². The third-order valence-electron chi connectivity index (χ3n) is 3.19. The molecule has 0 saturated heterocycles. The van der Waals surface area contributed by atoms with Gasteiger partial charge in [-0.1, -0.05) is 29.3 Å². The second kappa shape index (κ2) is 5.48. The van der Waals surface area contributed by atoms with E-state index in [1.54, 1.807) is 36.4 Å². The Morgan fingerprint density at radius 3 is 2.36 bits per heavy atom. The maximum atomic E-state index is 12.5. The first kappa shape index (κ1) is 14.6. The number of aromatic carboxylic acids is 1. The molecular weight excluding hydrogens is 327 g/mol. The minimum Gasteiger partial charge on any atom is -0.477 e. The summed E-state index contributed by atoms with van der Waals surface area (Å²) in [6.45, 7) is 0. The summed E-state index contributed by atoms with van der Waals surface area (Å²) in [6, 6.07) is 11.0. The SMILES string of the molecule is O=C(O)c1c(-c2ccc(Cl)cc2)oc2cccc(Cl)c2c1=O. The van der Waals surface area contributed by atoms with Crippen molar-refractivity contribution >= 4 is 40.1 Å². The smallest absolute Gasteiger partial charge is 0.343 e. The van der Waals surface area contributed by atoms with Gasteiger partial charge in [0.25, 0.3) is 0 Å². The quantitative estimate of drug-likeness (QED) is 0.750. The molecule has 0 unspecified atom stereocenters. The molecule has 0 atom stereocenters. The van der Waals surface area contributed by atoms with Crippen LogP contribution in [0.15, 0.2) is 51.7 Å². The highest BCUT2D eigenvalue weighted by molar-refractivity contribution is 6.35. The molecule has 0 bridgehead atoms. The van der Waals surface area contributed by atoms with Crippen LogP contribution in [0.2, 0.25) is 10.0 Å². The molecule has 0 aliphatic heterocycles. The van der Waals surface area contributed by atoms with Crippen molar-refractivity contribution in [3.8, 4) is 11.3 Å². The van der Waals surface area contributed by atoms with Crippen LogP contribution in [0.4, 0.5) is 0 Å². The van der Waals surface area contributed by atoms with E-state index in [0.29, 0.717) is 10.6 Å². The molecular formula is C16H8Cl2O4. The van der Waals surface area contributed by atoms with E-state index in [1.807, 2.05) is 0 Å². The molecule has 3 rings (SSSR count). The van der Waals surface area contributed by atoms with Crippen LogP contribution >= 0.6 is 23.2 Å². The average molecular weight is 335 g/mol. The molecule has 0 radical (unpaired) electrons. The standard InChI is InChI=1S/C16H8Cl2O4/c17-9-6-4-8(5-7-9)15-13(16(20)21)14(19)12-10(18)2-1-3-11(12)22-15/h1-7H,(H,20,21). The second-order valence-corrected chi connectivity index (χ2v) is 5.40.